The predicted molar refractivity (Wildman–Crippen MR) is 35.6 cm³/mol. The van der Waals surface area contributed by atoms with Crippen molar-refractivity contribution in [3.8, 4) is 0 Å². The van der Waals surface area contributed by atoms with Gasteiger partial charge in [0.25, 0.3) is 0 Å². The molecule has 4 heteroatoms. The molecule has 0 aliphatic rings. The molecule has 0 unspecified atom stereocenters. The van der Waals surface area contributed by atoms with Crippen molar-refractivity contribution in [1.29, 1.82) is 0 Å². The Kier molecular flexibility index (Phi) is 2.15. The molecule has 54 valence electrons. The van der Waals surface area contributed by atoms with Gasteiger partial charge < -0.3 is 0 Å². The Balaban J connectivity index is 2.59. The van der Waals surface area contributed by atoms with Crippen LogP contribution < -0.4 is 0 Å². The second-order valence-corrected chi connectivity index (χ2v) is 1.99. The molecule has 0 amide bonds. The topological polar surface area (TPSA) is 47.8 Å². The van der Waals surface area contributed by atoms with E-state index in [0.717, 1.165) is 6.42 Å². The molecule has 0 N–H and O–H groups in total. The third-order valence-corrected chi connectivity index (χ3v) is 1.14. The van der Waals surface area contributed by atoms with Gasteiger partial charge in [0.2, 0.25) is 5.91 Å². The van der Waals surface area contributed by atoms with Gasteiger partial charge in [-0.15, -0.1) is 5.10 Å². The molecule has 0 atom stereocenters. The van der Waals surface area contributed by atoms with Gasteiger partial charge in [0.15, 0.2) is 0 Å². The van der Waals surface area contributed by atoms with Crippen LogP contribution in [0.1, 0.15) is 24.6 Å². The maximum atomic E-state index is 11.0. The van der Waals surface area contributed by atoms with Crippen LogP contribution in [0.4, 0.5) is 0 Å². The Morgan fingerprint density at radius 3 is 3.00 bits per heavy atom. The van der Waals surface area contributed by atoms with Gasteiger partial charge in [-0.1, -0.05) is 12.1 Å². The smallest absolute Gasteiger partial charge is 0.248 e. The van der Waals surface area contributed by atoms with Crippen LogP contribution in [0.2, 0.25) is 0 Å². The molecule has 0 saturated heterocycles. The highest BCUT2D eigenvalue weighted by molar-refractivity contribution is 5.77. The third-order valence-electron chi connectivity index (χ3n) is 1.14. The number of hydrogen-bond acceptors (Lipinski definition) is 3. The van der Waals surface area contributed by atoms with Crippen molar-refractivity contribution in [1.82, 2.24) is 15.0 Å². The van der Waals surface area contributed by atoms with Crippen molar-refractivity contribution in [2.24, 2.45) is 0 Å². The summed E-state index contributed by atoms with van der Waals surface area (Å²) in [7, 11) is 0. The summed E-state index contributed by atoms with van der Waals surface area (Å²) in [6, 6.07) is 0. The highest BCUT2D eigenvalue weighted by atomic mass is 16.2. The molecule has 1 heterocycles. The highest BCUT2D eigenvalue weighted by Gasteiger charge is 2.01. The van der Waals surface area contributed by atoms with E-state index in [1.54, 1.807) is 6.20 Å². The molecular formula is C6H9N3O. The van der Waals surface area contributed by atoms with Gasteiger partial charge in [0.05, 0.1) is 12.4 Å². The van der Waals surface area contributed by atoms with E-state index in [9.17, 15) is 4.79 Å². The van der Waals surface area contributed by atoms with Crippen LogP contribution in [0.25, 0.3) is 0 Å². The van der Waals surface area contributed by atoms with E-state index in [2.05, 4.69) is 10.3 Å². The van der Waals surface area contributed by atoms with E-state index in [1.807, 2.05) is 6.92 Å². The molecule has 0 bridgehead atoms. The molecule has 0 fully saturated rings. The van der Waals surface area contributed by atoms with Gasteiger partial charge in [-0.05, 0) is 6.42 Å². The van der Waals surface area contributed by atoms with Crippen LogP contribution in [0, 0.1) is 0 Å². The lowest BCUT2D eigenvalue weighted by Crippen LogP contribution is -2.10. The van der Waals surface area contributed by atoms with Gasteiger partial charge in [0.1, 0.15) is 0 Å². The fourth-order valence-corrected chi connectivity index (χ4v) is 0.670. The molecule has 0 saturated carbocycles. The van der Waals surface area contributed by atoms with Crippen LogP contribution >= 0.6 is 0 Å². The summed E-state index contributed by atoms with van der Waals surface area (Å²) in [5.41, 5.74) is 0. The zero-order valence-electron chi connectivity index (χ0n) is 5.82. The Morgan fingerprint density at radius 1 is 1.70 bits per heavy atom. The fourth-order valence-electron chi connectivity index (χ4n) is 0.670. The van der Waals surface area contributed by atoms with Crippen molar-refractivity contribution in [2.75, 3.05) is 0 Å². The van der Waals surface area contributed by atoms with Gasteiger partial charge in [-0.3, -0.25) is 4.79 Å². The lowest BCUT2D eigenvalue weighted by molar-refractivity contribution is 0.0883. The molecule has 0 aliphatic heterocycles. The Labute approximate surface area is 58.8 Å². The number of nitrogens with zero attached hydrogens (tertiary/aromatic N) is 3. The molecule has 1 rings (SSSR count). The molecule has 4 nitrogen and oxygen atoms in total. The first kappa shape index (κ1) is 6.92. The SMILES string of the molecule is CCCC(=O)n1ccnn1. The normalized spacial score (nSPS) is 9.70. The summed E-state index contributed by atoms with van der Waals surface area (Å²) in [5, 5.41) is 7.07. The predicted octanol–water partition coefficient (Wildman–Crippen LogP) is 0.718. The van der Waals surface area contributed by atoms with Crippen LogP contribution in [0.15, 0.2) is 12.4 Å². The van der Waals surface area contributed by atoms with Gasteiger partial charge in [-0.2, -0.15) is 4.68 Å². The van der Waals surface area contributed by atoms with Crippen LogP contribution in [0.5, 0.6) is 0 Å². The average Bonchev–Trinajstić information content (AvgIpc) is 2.38. The van der Waals surface area contributed by atoms with E-state index in [-0.39, 0.29) is 5.91 Å². The summed E-state index contributed by atoms with van der Waals surface area (Å²) in [6.07, 6.45) is 4.42. The van der Waals surface area contributed by atoms with E-state index in [4.69, 9.17) is 0 Å². The van der Waals surface area contributed by atoms with E-state index < -0.39 is 0 Å². The van der Waals surface area contributed by atoms with E-state index in [0.29, 0.717) is 6.42 Å². The lowest BCUT2D eigenvalue weighted by atomic mass is 10.3. The largest absolute Gasteiger partial charge is 0.273 e. The third kappa shape index (κ3) is 1.40. The first-order valence-electron chi connectivity index (χ1n) is 3.24. The first-order valence-corrected chi connectivity index (χ1v) is 3.24. The summed E-state index contributed by atoms with van der Waals surface area (Å²) < 4.78 is 1.25. The van der Waals surface area contributed by atoms with Crippen LogP contribution in [-0.2, 0) is 0 Å². The van der Waals surface area contributed by atoms with Crippen molar-refractivity contribution in [3.05, 3.63) is 12.4 Å². The van der Waals surface area contributed by atoms with Crippen molar-refractivity contribution in [3.63, 3.8) is 0 Å². The molecule has 1 aromatic rings. The zero-order valence-corrected chi connectivity index (χ0v) is 5.82. The zero-order chi connectivity index (χ0) is 7.40. The summed E-state index contributed by atoms with van der Waals surface area (Å²) >= 11 is 0. The highest BCUT2D eigenvalue weighted by Crippen LogP contribution is 1.91. The fraction of sp³-hybridized carbons (Fsp3) is 0.500. The van der Waals surface area contributed by atoms with Gasteiger partial charge in [-0.25, -0.2) is 0 Å². The molecule has 0 aromatic carbocycles. The Hall–Kier alpha value is -1.19. The maximum absolute atomic E-state index is 11.0. The number of rotatable bonds is 2. The Morgan fingerprint density at radius 2 is 2.50 bits per heavy atom. The molecule has 10 heavy (non-hydrogen) atoms. The quantitative estimate of drug-likeness (QED) is 0.606. The van der Waals surface area contributed by atoms with Crippen LogP contribution in [-0.4, -0.2) is 20.9 Å². The second-order valence-electron chi connectivity index (χ2n) is 1.99. The van der Waals surface area contributed by atoms with Gasteiger partial charge >= 0.3 is 0 Å². The molecule has 1 aromatic heterocycles. The maximum Gasteiger partial charge on any atom is 0.248 e. The summed E-state index contributed by atoms with van der Waals surface area (Å²) in [5.74, 6) is 0.000000000000000444. The average molecular weight is 139 g/mol. The van der Waals surface area contributed by atoms with Crippen LogP contribution in [0.3, 0.4) is 0 Å². The van der Waals surface area contributed by atoms with Crippen molar-refractivity contribution >= 4 is 5.91 Å². The molecule has 0 spiro atoms. The van der Waals surface area contributed by atoms with E-state index in [1.165, 1.54) is 10.9 Å². The number of aromatic nitrogens is 3. The minimum absolute atomic E-state index is 0.000000000000000444. The Bertz CT molecular complexity index is 205. The number of carbonyl (C=O) groups excluding carboxylic acids is 1. The standard InChI is InChI=1S/C6H9N3O/c1-2-3-6(10)9-5-4-7-8-9/h4-5H,2-3H2,1H3. The minimum atomic E-state index is 0.000000000000000444. The van der Waals surface area contributed by atoms with Crippen molar-refractivity contribution < 1.29 is 4.79 Å². The first-order chi connectivity index (χ1) is 4.84. The summed E-state index contributed by atoms with van der Waals surface area (Å²) in [4.78, 5) is 11.0. The molecule has 0 radical (unpaired) electrons. The summed E-state index contributed by atoms with van der Waals surface area (Å²) in [6.45, 7) is 1.95. The monoisotopic (exact) mass is 139 g/mol. The minimum Gasteiger partial charge on any atom is -0.273 e. The molecule has 0 aliphatic carbocycles. The van der Waals surface area contributed by atoms with Crippen molar-refractivity contribution in [2.45, 2.75) is 19.8 Å². The lowest BCUT2D eigenvalue weighted by Gasteiger charge is -1.93. The van der Waals surface area contributed by atoms with E-state index >= 15 is 0 Å². The number of carbonyl (C=O) groups is 1. The molecular weight excluding hydrogens is 130 g/mol. The number of hydrogen-bond donors (Lipinski definition) is 0. The second kappa shape index (κ2) is 3.10. The van der Waals surface area contributed by atoms with Gasteiger partial charge in [0, 0.05) is 6.42 Å².